The van der Waals surface area contributed by atoms with Crippen LogP contribution in [-0.2, 0) is 11.8 Å². The molecule has 0 aliphatic heterocycles. The first kappa shape index (κ1) is 23.4. The van der Waals surface area contributed by atoms with Crippen LogP contribution in [0.2, 0.25) is 0 Å². The summed E-state index contributed by atoms with van der Waals surface area (Å²) in [5, 5.41) is 10.3. The van der Waals surface area contributed by atoms with Crippen molar-refractivity contribution in [2.45, 2.75) is 63.7 Å². The molecule has 1 aliphatic carbocycles. The minimum absolute atomic E-state index is 0.214. The molecule has 166 valence electrons. The Balaban J connectivity index is 1.70. The summed E-state index contributed by atoms with van der Waals surface area (Å²) in [4.78, 5) is 2.47. The summed E-state index contributed by atoms with van der Waals surface area (Å²) >= 11 is 0. The van der Waals surface area contributed by atoms with Gasteiger partial charge in [-0.25, -0.2) is 8.78 Å². The fourth-order valence-corrected chi connectivity index (χ4v) is 5.15. The number of nitrogens with zero attached hydrogens (tertiary/aromatic N) is 2. The zero-order valence-electron chi connectivity index (χ0n) is 18.6. The molecule has 0 bridgehead atoms. The summed E-state index contributed by atoms with van der Waals surface area (Å²) in [7, 11) is 0. The van der Waals surface area contributed by atoms with Crippen molar-refractivity contribution in [1.82, 2.24) is 4.90 Å². The average Bonchev–Trinajstić information content (AvgIpc) is 3.33. The maximum atomic E-state index is 14.1. The van der Waals surface area contributed by atoms with E-state index < -0.39 is 17.0 Å². The zero-order valence-corrected chi connectivity index (χ0v) is 18.6. The summed E-state index contributed by atoms with van der Waals surface area (Å²) in [5.41, 5.74) is 1.25. The minimum Gasteiger partial charge on any atom is -0.303 e. The Morgan fingerprint density at radius 3 is 2.39 bits per heavy atom. The normalized spacial score (nSPS) is 16.4. The standard InChI is InChI=1S/C27H34F2N2/c1-2-17-31(19-15-22-9-4-3-5-10-22)18-8-16-27(21-30,23-11-6-7-12-23)24-13-14-25(28)26(29)20-24/h3-5,9-10,13-14,20,23H,2,6-8,11-12,15-19H2,1H3. The van der Waals surface area contributed by atoms with E-state index in [1.165, 1.54) is 17.7 Å². The summed E-state index contributed by atoms with van der Waals surface area (Å²) in [5.74, 6) is -1.49. The van der Waals surface area contributed by atoms with Gasteiger partial charge >= 0.3 is 0 Å². The minimum atomic E-state index is -0.856. The van der Waals surface area contributed by atoms with Gasteiger partial charge in [0.05, 0.1) is 11.5 Å². The van der Waals surface area contributed by atoms with Crippen molar-refractivity contribution in [3.05, 3.63) is 71.3 Å². The highest BCUT2D eigenvalue weighted by molar-refractivity contribution is 5.35. The molecule has 1 saturated carbocycles. The first-order chi connectivity index (χ1) is 15.1. The molecule has 0 aromatic heterocycles. The number of rotatable bonds is 11. The number of halogens is 2. The summed E-state index contributed by atoms with van der Waals surface area (Å²) in [6.45, 7) is 5.13. The molecular weight excluding hydrogens is 390 g/mol. The molecule has 0 radical (unpaired) electrons. The van der Waals surface area contributed by atoms with Crippen molar-refractivity contribution in [3.8, 4) is 6.07 Å². The largest absolute Gasteiger partial charge is 0.303 e. The predicted molar refractivity (Wildman–Crippen MR) is 122 cm³/mol. The molecule has 0 spiro atoms. The van der Waals surface area contributed by atoms with Gasteiger partial charge in [-0.15, -0.1) is 0 Å². The third kappa shape index (κ3) is 5.92. The van der Waals surface area contributed by atoms with Crippen LogP contribution in [0.5, 0.6) is 0 Å². The highest BCUT2D eigenvalue weighted by Crippen LogP contribution is 2.45. The van der Waals surface area contributed by atoms with Crippen LogP contribution in [0.25, 0.3) is 0 Å². The molecule has 0 amide bonds. The van der Waals surface area contributed by atoms with Gasteiger partial charge in [0.2, 0.25) is 0 Å². The molecule has 0 N–H and O–H groups in total. The van der Waals surface area contributed by atoms with Gasteiger partial charge in [0.1, 0.15) is 0 Å². The number of hydrogen-bond acceptors (Lipinski definition) is 2. The van der Waals surface area contributed by atoms with E-state index in [4.69, 9.17) is 0 Å². The molecule has 0 heterocycles. The van der Waals surface area contributed by atoms with E-state index in [1.54, 1.807) is 6.07 Å². The van der Waals surface area contributed by atoms with Gasteiger partial charge < -0.3 is 4.90 Å². The molecule has 2 aromatic carbocycles. The van der Waals surface area contributed by atoms with Gasteiger partial charge in [-0.1, -0.05) is 56.2 Å². The monoisotopic (exact) mass is 424 g/mol. The Labute approximate surface area is 185 Å². The first-order valence-electron chi connectivity index (χ1n) is 11.7. The van der Waals surface area contributed by atoms with Crippen LogP contribution in [0.3, 0.4) is 0 Å². The van der Waals surface area contributed by atoms with Crippen molar-refractivity contribution >= 4 is 0 Å². The number of hydrogen-bond donors (Lipinski definition) is 0. The van der Waals surface area contributed by atoms with E-state index in [-0.39, 0.29) is 5.92 Å². The second kappa shape index (κ2) is 11.4. The average molecular weight is 425 g/mol. The maximum absolute atomic E-state index is 14.1. The molecule has 3 rings (SSSR count). The molecular formula is C27H34F2N2. The maximum Gasteiger partial charge on any atom is 0.159 e. The van der Waals surface area contributed by atoms with E-state index >= 15 is 0 Å². The Bertz CT molecular complexity index is 855. The molecule has 31 heavy (non-hydrogen) atoms. The molecule has 2 nitrogen and oxygen atoms in total. The van der Waals surface area contributed by atoms with E-state index in [1.807, 2.05) is 6.07 Å². The van der Waals surface area contributed by atoms with Crippen molar-refractivity contribution in [1.29, 1.82) is 5.26 Å². The molecule has 1 fully saturated rings. The van der Waals surface area contributed by atoms with E-state index in [0.717, 1.165) is 64.6 Å². The van der Waals surface area contributed by atoms with E-state index in [2.05, 4.69) is 42.2 Å². The fourth-order valence-electron chi connectivity index (χ4n) is 5.15. The smallest absolute Gasteiger partial charge is 0.159 e. The van der Waals surface area contributed by atoms with Crippen LogP contribution < -0.4 is 0 Å². The topological polar surface area (TPSA) is 27.0 Å². The second-order valence-electron chi connectivity index (χ2n) is 8.87. The Morgan fingerprint density at radius 2 is 1.74 bits per heavy atom. The Hall–Kier alpha value is -2.25. The third-order valence-corrected chi connectivity index (χ3v) is 6.83. The first-order valence-corrected chi connectivity index (χ1v) is 11.7. The quantitative estimate of drug-likeness (QED) is 0.404. The van der Waals surface area contributed by atoms with Crippen LogP contribution in [0.4, 0.5) is 8.78 Å². The lowest BCUT2D eigenvalue weighted by Crippen LogP contribution is -2.35. The van der Waals surface area contributed by atoms with Crippen LogP contribution >= 0.6 is 0 Å². The number of benzene rings is 2. The van der Waals surface area contributed by atoms with E-state index in [0.29, 0.717) is 12.0 Å². The molecule has 2 aromatic rings. The van der Waals surface area contributed by atoms with Gasteiger partial charge in [-0.2, -0.15) is 5.26 Å². The lowest BCUT2D eigenvalue weighted by Gasteiger charge is -2.34. The SMILES string of the molecule is CCCN(CCCC(C#N)(c1ccc(F)c(F)c1)C1CCCC1)CCc1ccccc1. The van der Waals surface area contributed by atoms with Gasteiger partial charge in [0.25, 0.3) is 0 Å². The number of nitriles is 1. The van der Waals surface area contributed by atoms with Crippen LogP contribution in [0, 0.1) is 28.9 Å². The summed E-state index contributed by atoms with van der Waals surface area (Å²) in [6, 6.07) is 17.1. The summed E-state index contributed by atoms with van der Waals surface area (Å²) in [6.07, 6.45) is 7.84. The molecule has 0 saturated heterocycles. The Morgan fingerprint density at radius 1 is 1.00 bits per heavy atom. The Kier molecular flexibility index (Phi) is 8.60. The van der Waals surface area contributed by atoms with E-state index in [9.17, 15) is 14.0 Å². The van der Waals surface area contributed by atoms with Crippen LogP contribution in [0.1, 0.15) is 63.0 Å². The second-order valence-corrected chi connectivity index (χ2v) is 8.87. The lowest BCUT2D eigenvalue weighted by molar-refractivity contribution is 0.246. The molecule has 1 atom stereocenters. The zero-order chi connectivity index (χ0) is 22.1. The van der Waals surface area contributed by atoms with Gasteiger partial charge in [0.15, 0.2) is 11.6 Å². The van der Waals surface area contributed by atoms with Crippen molar-refractivity contribution in [2.75, 3.05) is 19.6 Å². The van der Waals surface area contributed by atoms with Gasteiger partial charge in [-0.05, 0) is 80.8 Å². The van der Waals surface area contributed by atoms with Crippen LogP contribution in [-0.4, -0.2) is 24.5 Å². The van der Waals surface area contributed by atoms with Gasteiger partial charge in [-0.3, -0.25) is 0 Å². The lowest BCUT2D eigenvalue weighted by atomic mass is 9.67. The molecule has 1 aliphatic rings. The summed E-state index contributed by atoms with van der Waals surface area (Å²) < 4.78 is 27.6. The third-order valence-electron chi connectivity index (χ3n) is 6.83. The molecule has 1 unspecified atom stereocenters. The van der Waals surface area contributed by atoms with Crippen molar-refractivity contribution in [2.24, 2.45) is 5.92 Å². The fraction of sp³-hybridized carbons (Fsp3) is 0.519. The predicted octanol–water partition coefficient (Wildman–Crippen LogP) is 6.65. The van der Waals surface area contributed by atoms with Crippen LogP contribution in [0.15, 0.2) is 48.5 Å². The van der Waals surface area contributed by atoms with Gasteiger partial charge in [0, 0.05) is 6.54 Å². The highest BCUT2D eigenvalue weighted by atomic mass is 19.2. The molecule has 4 heteroatoms. The van der Waals surface area contributed by atoms with Crippen molar-refractivity contribution in [3.63, 3.8) is 0 Å². The highest BCUT2D eigenvalue weighted by Gasteiger charge is 2.42. The van der Waals surface area contributed by atoms with Crippen molar-refractivity contribution < 1.29 is 8.78 Å².